The summed E-state index contributed by atoms with van der Waals surface area (Å²) in [6, 6.07) is 14.2. The van der Waals surface area contributed by atoms with E-state index < -0.39 is 0 Å². The summed E-state index contributed by atoms with van der Waals surface area (Å²) in [4.78, 5) is 2.47. The van der Waals surface area contributed by atoms with E-state index in [0.717, 1.165) is 43.9 Å². The van der Waals surface area contributed by atoms with Gasteiger partial charge in [0, 0.05) is 19.6 Å². The topological polar surface area (TPSA) is 24.5 Å². The number of ether oxygens (including phenoxy) is 1. The molecule has 25 heavy (non-hydrogen) atoms. The molecule has 0 aliphatic carbocycles. The molecule has 2 aromatic rings. The number of hydrogen-bond acceptors (Lipinski definition) is 3. The maximum Gasteiger partial charge on any atom is 0.119 e. The summed E-state index contributed by atoms with van der Waals surface area (Å²) in [5, 5.41) is 4.70. The number of benzene rings is 2. The lowest BCUT2D eigenvalue weighted by Gasteiger charge is -2.32. The van der Waals surface area contributed by atoms with Crippen LogP contribution in [-0.2, 0) is 0 Å². The van der Waals surface area contributed by atoms with Gasteiger partial charge in [-0.05, 0) is 49.2 Å². The zero-order chi connectivity index (χ0) is 17.6. The number of hydrogen-bond donors (Lipinski definition) is 1. The maximum atomic E-state index is 6.59. The van der Waals surface area contributed by atoms with Gasteiger partial charge < -0.3 is 10.1 Å². The Hall–Kier alpha value is -1.26. The van der Waals surface area contributed by atoms with Crippen LogP contribution in [0.5, 0.6) is 5.75 Å². The second-order valence-corrected chi connectivity index (χ2v) is 6.98. The number of nitrogens with one attached hydrogen (secondary N) is 1. The Morgan fingerprint density at radius 2 is 1.96 bits per heavy atom. The molecule has 1 unspecified atom stereocenters. The average molecular weight is 379 g/mol. The largest absolute Gasteiger partial charge is 0.494 e. The van der Waals surface area contributed by atoms with E-state index in [4.69, 9.17) is 27.9 Å². The summed E-state index contributed by atoms with van der Waals surface area (Å²) in [6.07, 6.45) is 1.11. The molecular weight excluding hydrogens is 355 g/mol. The molecule has 1 aliphatic heterocycles. The van der Waals surface area contributed by atoms with Crippen LogP contribution in [-0.4, -0.2) is 37.7 Å². The van der Waals surface area contributed by atoms with Crippen molar-refractivity contribution in [2.45, 2.75) is 19.4 Å². The van der Waals surface area contributed by atoms with Crippen LogP contribution in [0.2, 0.25) is 10.0 Å². The minimum absolute atomic E-state index is 0.0616. The lowest BCUT2D eigenvalue weighted by Crippen LogP contribution is -2.33. The molecule has 0 amide bonds. The molecule has 0 bridgehead atoms. The minimum atomic E-state index is 0.0616. The molecule has 1 saturated heterocycles. The van der Waals surface area contributed by atoms with E-state index in [0.29, 0.717) is 16.7 Å². The van der Waals surface area contributed by atoms with Gasteiger partial charge in [0.2, 0.25) is 0 Å². The SMILES string of the molecule is CCOc1cccc(C(c2cccc(Cl)c2Cl)N2CCCNCC2)c1. The van der Waals surface area contributed by atoms with Crippen molar-refractivity contribution in [1.29, 1.82) is 0 Å². The Bertz CT molecular complexity index is 700. The first-order chi connectivity index (χ1) is 12.2. The maximum absolute atomic E-state index is 6.59. The monoisotopic (exact) mass is 378 g/mol. The Kier molecular flexibility index (Phi) is 6.60. The van der Waals surface area contributed by atoms with Gasteiger partial charge >= 0.3 is 0 Å². The molecule has 3 nitrogen and oxygen atoms in total. The van der Waals surface area contributed by atoms with Gasteiger partial charge in [0.15, 0.2) is 0 Å². The zero-order valence-electron chi connectivity index (χ0n) is 14.5. The molecular formula is C20H24Cl2N2O. The minimum Gasteiger partial charge on any atom is -0.494 e. The molecule has 2 aromatic carbocycles. The third kappa shape index (κ3) is 4.48. The zero-order valence-corrected chi connectivity index (χ0v) is 16.0. The fraction of sp³-hybridized carbons (Fsp3) is 0.400. The number of halogens is 2. The van der Waals surface area contributed by atoms with Crippen molar-refractivity contribution in [3.63, 3.8) is 0 Å². The van der Waals surface area contributed by atoms with Crippen LogP contribution < -0.4 is 10.1 Å². The van der Waals surface area contributed by atoms with Crippen LogP contribution in [0.25, 0.3) is 0 Å². The molecule has 1 N–H and O–H groups in total. The predicted molar refractivity (Wildman–Crippen MR) is 105 cm³/mol. The summed E-state index contributed by atoms with van der Waals surface area (Å²) < 4.78 is 5.71. The van der Waals surface area contributed by atoms with Gasteiger partial charge in [-0.3, -0.25) is 4.90 Å². The van der Waals surface area contributed by atoms with Crippen LogP contribution in [0, 0.1) is 0 Å². The highest BCUT2D eigenvalue weighted by atomic mass is 35.5. The third-order valence-corrected chi connectivity index (χ3v) is 5.33. The Balaban J connectivity index is 2.05. The van der Waals surface area contributed by atoms with Crippen LogP contribution >= 0.6 is 23.2 Å². The molecule has 0 saturated carbocycles. The quantitative estimate of drug-likeness (QED) is 0.810. The van der Waals surface area contributed by atoms with Crippen LogP contribution in [0.15, 0.2) is 42.5 Å². The first-order valence-corrected chi connectivity index (χ1v) is 9.57. The van der Waals surface area contributed by atoms with E-state index in [9.17, 15) is 0 Å². The Morgan fingerprint density at radius 3 is 2.80 bits per heavy atom. The van der Waals surface area contributed by atoms with Gasteiger partial charge in [-0.15, -0.1) is 0 Å². The Labute approximate surface area is 159 Å². The molecule has 0 spiro atoms. The van der Waals surface area contributed by atoms with Crippen molar-refractivity contribution in [1.82, 2.24) is 10.2 Å². The highest BCUT2D eigenvalue weighted by Crippen LogP contribution is 2.37. The molecule has 5 heteroatoms. The van der Waals surface area contributed by atoms with Crippen LogP contribution in [0.1, 0.15) is 30.5 Å². The molecule has 0 aromatic heterocycles. The second kappa shape index (κ2) is 8.91. The van der Waals surface area contributed by atoms with Crippen LogP contribution in [0.3, 0.4) is 0 Å². The molecule has 134 valence electrons. The molecule has 0 radical (unpaired) electrons. The normalized spacial score (nSPS) is 17.1. The summed E-state index contributed by atoms with van der Waals surface area (Å²) in [6.45, 7) is 6.65. The van der Waals surface area contributed by atoms with Gasteiger partial charge in [-0.2, -0.15) is 0 Å². The molecule has 1 aliphatic rings. The van der Waals surface area contributed by atoms with Crippen molar-refractivity contribution in [2.75, 3.05) is 32.8 Å². The first kappa shape index (κ1) is 18.5. The van der Waals surface area contributed by atoms with E-state index >= 15 is 0 Å². The number of nitrogens with zero attached hydrogens (tertiary/aromatic N) is 1. The third-order valence-electron chi connectivity index (χ3n) is 4.50. The molecule has 1 heterocycles. The lowest BCUT2D eigenvalue weighted by atomic mass is 9.96. The highest BCUT2D eigenvalue weighted by molar-refractivity contribution is 6.42. The van der Waals surface area contributed by atoms with Crippen molar-refractivity contribution < 1.29 is 4.74 Å². The van der Waals surface area contributed by atoms with Crippen molar-refractivity contribution >= 4 is 23.2 Å². The fourth-order valence-corrected chi connectivity index (χ4v) is 3.80. The van der Waals surface area contributed by atoms with E-state index in [-0.39, 0.29) is 6.04 Å². The second-order valence-electron chi connectivity index (χ2n) is 6.19. The fourth-order valence-electron chi connectivity index (χ4n) is 3.38. The standard InChI is InChI=1S/C20H24Cl2N2O/c1-2-25-16-7-3-6-15(14-16)20(24-12-5-10-23-11-13-24)17-8-4-9-18(21)19(17)22/h3-4,6-9,14,20,23H,2,5,10-13H2,1H3. The van der Waals surface area contributed by atoms with Gasteiger partial charge in [-0.1, -0.05) is 47.5 Å². The first-order valence-electron chi connectivity index (χ1n) is 8.82. The van der Waals surface area contributed by atoms with Crippen molar-refractivity contribution in [3.05, 3.63) is 63.6 Å². The summed E-state index contributed by atoms with van der Waals surface area (Å²) >= 11 is 12.9. The van der Waals surface area contributed by atoms with E-state index in [1.807, 2.05) is 31.2 Å². The van der Waals surface area contributed by atoms with Gasteiger partial charge in [-0.25, -0.2) is 0 Å². The smallest absolute Gasteiger partial charge is 0.119 e. The molecule has 1 fully saturated rings. The van der Waals surface area contributed by atoms with Gasteiger partial charge in [0.05, 0.1) is 22.7 Å². The molecule has 1 atom stereocenters. The summed E-state index contributed by atoms with van der Waals surface area (Å²) in [5.41, 5.74) is 2.22. The van der Waals surface area contributed by atoms with Crippen molar-refractivity contribution in [3.8, 4) is 5.75 Å². The highest BCUT2D eigenvalue weighted by Gasteiger charge is 2.26. The molecule has 3 rings (SSSR count). The average Bonchev–Trinajstić information content (AvgIpc) is 2.89. The van der Waals surface area contributed by atoms with Gasteiger partial charge in [0.1, 0.15) is 5.75 Å². The Morgan fingerprint density at radius 1 is 1.12 bits per heavy atom. The lowest BCUT2D eigenvalue weighted by molar-refractivity contribution is 0.240. The van der Waals surface area contributed by atoms with E-state index in [1.54, 1.807) is 0 Å². The summed E-state index contributed by atoms with van der Waals surface area (Å²) in [5.74, 6) is 0.885. The van der Waals surface area contributed by atoms with E-state index in [2.05, 4.69) is 28.4 Å². The van der Waals surface area contributed by atoms with E-state index in [1.165, 1.54) is 5.56 Å². The van der Waals surface area contributed by atoms with Crippen LogP contribution in [0.4, 0.5) is 0 Å². The number of rotatable bonds is 5. The summed E-state index contributed by atoms with van der Waals surface area (Å²) in [7, 11) is 0. The predicted octanol–water partition coefficient (Wildman–Crippen LogP) is 4.78. The van der Waals surface area contributed by atoms with Crippen molar-refractivity contribution in [2.24, 2.45) is 0 Å². The van der Waals surface area contributed by atoms with Gasteiger partial charge in [0.25, 0.3) is 0 Å².